The van der Waals surface area contributed by atoms with Crippen molar-refractivity contribution < 1.29 is 9.84 Å². The van der Waals surface area contributed by atoms with Gasteiger partial charge in [0.15, 0.2) is 0 Å². The van der Waals surface area contributed by atoms with E-state index in [1.54, 1.807) is 0 Å². The molecule has 2 fully saturated rings. The van der Waals surface area contributed by atoms with Crippen molar-refractivity contribution in [2.45, 2.75) is 57.6 Å². The Hall–Kier alpha value is -0.160. The second-order valence-corrected chi connectivity index (χ2v) is 6.46. The Morgan fingerprint density at radius 2 is 1.80 bits per heavy atom. The molecule has 0 saturated carbocycles. The third-order valence-corrected chi connectivity index (χ3v) is 5.14. The van der Waals surface area contributed by atoms with Crippen LogP contribution in [0.3, 0.4) is 0 Å². The SMILES string of the molecule is CCC(O)(CC)CN1CCCCC1CN1CCOCC1. The molecule has 0 aliphatic carbocycles. The van der Waals surface area contributed by atoms with E-state index in [4.69, 9.17) is 4.74 Å². The number of β-amino-alcohol motifs (C(OH)–C–C–N with tert-alkyl or cyclic N) is 1. The van der Waals surface area contributed by atoms with E-state index in [-0.39, 0.29) is 0 Å². The van der Waals surface area contributed by atoms with Crippen LogP contribution in [0.5, 0.6) is 0 Å². The summed E-state index contributed by atoms with van der Waals surface area (Å²) in [6, 6.07) is 0.617. The van der Waals surface area contributed by atoms with Gasteiger partial charge in [0.25, 0.3) is 0 Å². The summed E-state index contributed by atoms with van der Waals surface area (Å²) in [5.74, 6) is 0. The number of morpholine rings is 1. The minimum Gasteiger partial charge on any atom is -0.389 e. The molecule has 0 aromatic rings. The first-order chi connectivity index (χ1) is 9.67. The summed E-state index contributed by atoms with van der Waals surface area (Å²) < 4.78 is 5.44. The fraction of sp³-hybridized carbons (Fsp3) is 1.00. The van der Waals surface area contributed by atoms with Crippen LogP contribution < -0.4 is 0 Å². The maximum absolute atomic E-state index is 10.6. The van der Waals surface area contributed by atoms with Gasteiger partial charge in [-0.2, -0.15) is 0 Å². The average Bonchev–Trinajstić information content (AvgIpc) is 2.50. The van der Waals surface area contributed by atoms with E-state index in [1.807, 2.05) is 0 Å². The molecule has 4 heteroatoms. The molecule has 20 heavy (non-hydrogen) atoms. The van der Waals surface area contributed by atoms with Crippen molar-refractivity contribution in [3.63, 3.8) is 0 Å². The Morgan fingerprint density at radius 1 is 1.10 bits per heavy atom. The van der Waals surface area contributed by atoms with Crippen molar-refractivity contribution >= 4 is 0 Å². The quantitative estimate of drug-likeness (QED) is 0.806. The maximum atomic E-state index is 10.6. The number of hydrogen-bond donors (Lipinski definition) is 1. The van der Waals surface area contributed by atoms with Gasteiger partial charge in [0.1, 0.15) is 0 Å². The minimum absolute atomic E-state index is 0.499. The molecule has 2 aliphatic heterocycles. The van der Waals surface area contributed by atoms with Crippen LogP contribution in [0.2, 0.25) is 0 Å². The van der Waals surface area contributed by atoms with Gasteiger partial charge >= 0.3 is 0 Å². The summed E-state index contributed by atoms with van der Waals surface area (Å²) in [6.45, 7) is 11.2. The molecule has 0 aromatic heterocycles. The van der Waals surface area contributed by atoms with Crippen molar-refractivity contribution in [3.8, 4) is 0 Å². The highest BCUT2D eigenvalue weighted by Crippen LogP contribution is 2.24. The van der Waals surface area contributed by atoms with Crippen LogP contribution in [-0.2, 0) is 4.74 Å². The molecule has 4 nitrogen and oxygen atoms in total. The molecular weight excluding hydrogens is 252 g/mol. The topological polar surface area (TPSA) is 35.9 Å². The Morgan fingerprint density at radius 3 is 2.45 bits per heavy atom. The van der Waals surface area contributed by atoms with E-state index in [9.17, 15) is 5.11 Å². The molecule has 0 aromatic carbocycles. The molecule has 2 saturated heterocycles. The zero-order valence-corrected chi connectivity index (χ0v) is 13.3. The van der Waals surface area contributed by atoms with Gasteiger partial charge in [-0.1, -0.05) is 20.3 Å². The molecule has 0 amide bonds. The predicted molar refractivity (Wildman–Crippen MR) is 82.0 cm³/mol. The molecule has 0 spiro atoms. The summed E-state index contributed by atoms with van der Waals surface area (Å²) in [7, 11) is 0. The zero-order valence-electron chi connectivity index (χ0n) is 13.3. The van der Waals surface area contributed by atoms with Gasteiger partial charge in [-0.15, -0.1) is 0 Å². The molecule has 1 unspecified atom stereocenters. The van der Waals surface area contributed by atoms with E-state index in [1.165, 1.54) is 19.3 Å². The zero-order chi connectivity index (χ0) is 14.4. The number of likely N-dealkylation sites (tertiary alicyclic amines) is 1. The number of ether oxygens (including phenoxy) is 1. The highest BCUT2D eigenvalue weighted by Gasteiger charge is 2.31. The Labute approximate surface area is 124 Å². The van der Waals surface area contributed by atoms with Crippen LogP contribution in [-0.4, -0.2) is 72.5 Å². The lowest BCUT2D eigenvalue weighted by Gasteiger charge is -2.43. The van der Waals surface area contributed by atoms with E-state index in [0.29, 0.717) is 6.04 Å². The van der Waals surface area contributed by atoms with Gasteiger partial charge in [-0.3, -0.25) is 9.80 Å². The summed E-state index contributed by atoms with van der Waals surface area (Å²) in [5.41, 5.74) is -0.499. The van der Waals surface area contributed by atoms with Crippen molar-refractivity contribution in [1.82, 2.24) is 9.80 Å². The first-order valence-electron chi connectivity index (χ1n) is 8.43. The van der Waals surface area contributed by atoms with E-state index in [0.717, 1.165) is 58.8 Å². The lowest BCUT2D eigenvalue weighted by atomic mass is 9.93. The van der Waals surface area contributed by atoms with Crippen LogP contribution in [0.15, 0.2) is 0 Å². The maximum Gasteiger partial charge on any atom is 0.0769 e. The van der Waals surface area contributed by atoms with Crippen LogP contribution in [0.4, 0.5) is 0 Å². The molecular formula is C16H32N2O2. The monoisotopic (exact) mass is 284 g/mol. The summed E-state index contributed by atoms with van der Waals surface area (Å²) in [5, 5.41) is 10.6. The first-order valence-corrected chi connectivity index (χ1v) is 8.43. The number of aliphatic hydroxyl groups is 1. The fourth-order valence-electron chi connectivity index (χ4n) is 3.41. The average molecular weight is 284 g/mol. The third-order valence-electron chi connectivity index (χ3n) is 5.14. The second kappa shape index (κ2) is 7.74. The van der Waals surface area contributed by atoms with Crippen molar-refractivity contribution in [3.05, 3.63) is 0 Å². The van der Waals surface area contributed by atoms with Crippen LogP contribution in [0.1, 0.15) is 46.0 Å². The number of hydrogen-bond acceptors (Lipinski definition) is 4. The molecule has 0 radical (unpaired) electrons. The van der Waals surface area contributed by atoms with Crippen LogP contribution >= 0.6 is 0 Å². The molecule has 1 atom stereocenters. The standard InChI is InChI=1S/C16H32N2O2/c1-3-16(19,4-2)14-18-8-6-5-7-15(18)13-17-9-11-20-12-10-17/h15,19H,3-14H2,1-2H3. The van der Waals surface area contributed by atoms with Gasteiger partial charge in [0.05, 0.1) is 18.8 Å². The lowest BCUT2D eigenvalue weighted by molar-refractivity contribution is -0.0349. The minimum atomic E-state index is -0.499. The molecule has 118 valence electrons. The normalized spacial score (nSPS) is 26.9. The molecule has 2 heterocycles. The summed E-state index contributed by atoms with van der Waals surface area (Å²) in [6.07, 6.45) is 5.60. The highest BCUT2D eigenvalue weighted by molar-refractivity contribution is 4.87. The first kappa shape index (κ1) is 16.2. The number of nitrogens with zero attached hydrogens (tertiary/aromatic N) is 2. The van der Waals surface area contributed by atoms with Gasteiger partial charge in [0, 0.05) is 32.2 Å². The van der Waals surface area contributed by atoms with E-state index < -0.39 is 5.60 Å². The largest absolute Gasteiger partial charge is 0.389 e. The number of rotatable bonds is 6. The number of piperidine rings is 1. The van der Waals surface area contributed by atoms with Gasteiger partial charge in [0.2, 0.25) is 0 Å². The molecule has 0 bridgehead atoms. The predicted octanol–water partition coefficient (Wildman–Crippen LogP) is 1.72. The van der Waals surface area contributed by atoms with Crippen molar-refractivity contribution in [2.24, 2.45) is 0 Å². The van der Waals surface area contributed by atoms with Crippen molar-refractivity contribution in [2.75, 3.05) is 45.9 Å². The molecule has 1 N–H and O–H groups in total. The van der Waals surface area contributed by atoms with Crippen LogP contribution in [0.25, 0.3) is 0 Å². The lowest BCUT2D eigenvalue weighted by Crippen LogP contribution is -2.53. The Bertz CT molecular complexity index is 276. The van der Waals surface area contributed by atoms with Crippen molar-refractivity contribution in [1.29, 1.82) is 0 Å². The van der Waals surface area contributed by atoms with Gasteiger partial charge < -0.3 is 9.84 Å². The summed E-state index contributed by atoms with van der Waals surface area (Å²) in [4.78, 5) is 5.08. The third kappa shape index (κ3) is 4.42. The summed E-state index contributed by atoms with van der Waals surface area (Å²) >= 11 is 0. The second-order valence-electron chi connectivity index (χ2n) is 6.46. The van der Waals surface area contributed by atoms with E-state index >= 15 is 0 Å². The Balaban J connectivity index is 1.90. The molecule has 2 rings (SSSR count). The molecule has 2 aliphatic rings. The fourth-order valence-corrected chi connectivity index (χ4v) is 3.41. The van der Waals surface area contributed by atoms with Crippen LogP contribution in [0, 0.1) is 0 Å². The van der Waals surface area contributed by atoms with Gasteiger partial charge in [-0.25, -0.2) is 0 Å². The Kier molecular flexibility index (Phi) is 6.27. The highest BCUT2D eigenvalue weighted by atomic mass is 16.5. The van der Waals surface area contributed by atoms with E-state index in [2.05, 4.69) is 23.6 Å². The smallest absolute Gasteiger partial charge is 0.0769 e. The van der Waals surface area contributed by atoms with Gasteiger partial charge in [-0.05, 0) is 32.2 Å².